The lowest BCUT2D eigenvalue weighted by Crippen LogP contribution is -2.38. The van der Waals surface area contributed by atoms with Crippen LogP contribution in [0.25, 0.3) is 16.8 Å². The molecule has 2 aromatic carbocycles. The Balaban J connectivity index is 1.05. The van der Waals surface area contributed by atoms with Crippen LogP contribution < -0.4 is 10.6 Å². The first-order chi connectivity index (χ1) is 21.8. The molecular formula is C36H37N7O2. The molecule has 1 aliphatic rings. The number of nitrogens with zero attached hydrogens (tertiary/aromatic N) is 5. The van der Waals surface area contributed by atoms with Gasteiger partial charge in [0.25, 0.3) is 11.8 Å². The van der Waals surface area contributed by atoms with E-state index in [1.807, 2.05) is 67.0 Å². The summed E-state index contributed by atoms with van der Waals surface area (Å²) in [6.07, 6.45) is 10.8. The average molecular weight is 600 g/mol. The van der Waals surface area contributed by atoms with E-state index in [2.05, 4.69) is 50.0 Å². The molecule has 0 saturated carbocycles. The summed E-state index contributed by atoms with van der Waals surface area (Å²) in [5.41, 5.74) is 6.96. The third-order valence-corrected chi connectivity index (χ3v) is 8.20. The number of carbonyl (C=O) groups excluding carboxylic acids is 2. The fraction of sp³-hybridized carbons (Fsp3) is 0.250. The molecular weight excluding hydrogens is 562 g/mol. The van der Waals surface area contributed by atoms with Crippen molar-refractivity contribution in [1.29, 1.82) is 0 Å². The van der Waals surface area contributed by atoms with Crippen molar-refractivity contribution in [2.45, 2.75) is 45.6 Å². The van der Waals surface area contributed by atoms with Gasteiger partial charge >= 0.3 is 0 Å². The molecule has 0 unspecified atom stereocenters. The number of carbonyl (C=O) groups is 2. The Morgan fingerprint density at radius 3 is 2.29 bits per heavy atom. The van der Waals surface area contributed by atoms with Crippen LogP contribution in [0, 0.1) is 6.92 Å². The number of hydrogen-bond acceptors (Lipinski definition) is 6. The number of aromatic nitrogens is 4. The number of hydrogen-bond donors (Lipinski definition) is 2. The van der Waals surface area contributed by atoms with Gasteiger partial charge in [0.15, 0.2) is 0 Å². The van der Waals surface area contributed by atoms with E-state index in [-0.39, 0.29) is 17.9 Å². The lowest BCUT2D eigenvalue weighted by atomic mass is 9.88. The van der Waals surface area contributed by atoms with Gasteiger partial charge in [-0.2, -0.15) is 5.10 Å². The Bertz CT molecular complexity index is 1770. The van der Waals surface area contributed by atoms with Gasteiger partial charge in [-0.15, -0.1) is 0 Å². The van der Waals surface area contributed by atoms with E-state index in [9.17, 15) is 9.59 Å². The summed E-state index contributed by atoms with van der Waals surface area (Å²) < 4.78 is 1.85. The Morgan fingerprint density at radius 2 is 1.60 bits per heavy atom. The molecule has 0 atom stereocenters. The molecule has 1 aliphatic heterocycles. The second kappa shape index (κ2) is 13.1. The van der Waals surface area contributed by atoms with Gasteiger partial charge in [0.2, 0.25) is 0 Å². The minimum absolute atomic E-state index is 0.0173. The normalized spacial score (nSPS) is 13.6. The highest BCUT2D eigenvalue weighted by Gasteiger charge is 2.25. The highest BCUT2D eigenvalue weighted by atomic mass is 16.2. The van der Waals surface area contributed by atoms with Gasteiger partial charge in [-0.25, -0.2) is 9.67 Å². The first-order valence-electron chi connectivity index (χ1n) is 15.3. The van der Waals surface area contributed by atoms with Crippen molar-refractivity contribution in [2.75, 3.05) is 23.7 Å². The van der Waals surface area contributed by atoms with Crippen LogP contribution in [0.5, 0.6) is 0 Å². The number of amides is 2. The molecule has 4 heterocycles. The summed E-state index contributed by atoms with van der Waals surface area (Å²) in [6.45, 7) is 7.35. The molecule has 0 spiro atoms. The summed E-state index contributed by atoms with van der Waals surface area (Å²) in [7, 11) is 0. The maximum absolute atomic E-state index is 13.5. The zero-order valence-corrected chi connectivity index (χ0v) is 25.8. The smallest absolute Gasteiger partial charge is 0.257 e. The topological polar surface area (TPSA) is 105 Å². The lowest BCUT2D eigenvalue weighted by Gasteiger charge is -2.32. The molecule has 0 aliphatic carbocycles. The van der Waals surface area contributed by atoms with E-state index in [1.54, 1.807) is 36.8 Å². The number of likely N-dealkylation sites (tertiary alicyclic amines) is 1. The molecule has 2 N–H and O–H groups in total. The molecule has 228 valence electrons. The second-order valence-electron chi connectivity index (χ2n) is 11.8. The molecule has 6 rings (SSSR count). The summed E-state index contributed by atoms with van der Waals surface area (Å²) in [5.74, 6) is 0.833. The number of anilines is 2. The molecule has 0 radical (unpaired) electrons. The quantitative estimate of drug-likeness (QED) is 0.205. The van der Waals surface area contributed by atoms with E-state index in [1.165, 1.54) is 5.56 Å². The van der Waals surface area contributed by atoms with Gasteiger partial charge in [-0.1, -0.05) is 30.3 Å². The van der Waals surface area contributed by atoms with Crippen molar-refractivity contribution in [1.82, 2.24) is 24.6 Å². The molecule has 9 nitrogen and oxygen atoms in total. The van der Waals surface area contributed by atoms with E-state index >= 15 is 0 Å². The number of rotatable bonds is 8. The molecule has 1 fully saturated rings. The largest absolute Gasteiger partial charge is 0.368 e. The first kappa shape index (κ1) is 29.7. The molecule has 2 amide bonds. The fourth-order valence-corrected chi connectivity index (χ4v) is 5.65. The highest BCUT2D eigenvalue weighted by Crippen LogP contribution is 2.31. The van der Waals surface area contributed by atoms with Crippen LogP contribution in [0.2, 0.25) is 0 Å². The Labute approximate surface area is 263 Å². The fourth-order valence-electron chi connectivity index (χ4n) is 5.65. The third kappa shape index (κ3) is 6.93. The van der Waals surface area contributed by atoms with E-state index in [0.29, 0.717) is 35.8 Å². The SMILES string of the molecule is Cc1ccc(C(=O)N2CCC(c3ccc(-c4cnn(-c5ccncc5)c4)cc3)CC2)cc1NC(=O)c1ccc(NC(C)C)nc1. The monoisotopic (exact) mass is 599 g/mol. The van der Waals surface area contributed by atoms with Crippen LogP contribution in [0.4, 0.5) is 11.5 Å². The Morgan fingerprint density at radius 1 is 0.867 bits per heavy atom. The number of pyridine rings is 2. The number of nitrogens with one attached hydrogen (secondary N) is 2. The van der Waals surface area contributed by atoms with Crippen LogP contribution in [0.1, 0.15) is 64.4 Å². The Kier molecular flexibility index (Phi) is 8.68. The van der Waals surface area contributed by atoms with Crippen molar-refractivity contribution in [3.63, 3.8) is 0 Å². The molecule has 3 aromatic heterocycles. The lowest BCUT2D eigenvalue weighted by molar-refractivity contribution is 0.0712. The predicted molar refractivity (Wildman–Crippen MR) is 177 cm³/mol. The van der Waals surface area contributed by atoms with Gasteiger partial charge in [0, 0.05) is 60.7 Å². The zero-order valence-electron chi connectivity index (χ0n) is 25.8. The maximum Gasteiger partial charge on any atom is 0.257 e. The van der Waals surface area contributed by atoms with Crippen molar-refractivity contribution < 1.29 is 9.59 Å². The summed E-state index contributed by atoms with van der Waals surface area (Å²) in [5, 5.41) is 10.7. The van der Waals surface area contributed by atoms with E-state index < -0.39 is 0 Å². The van der Waals surface area contributed by atoms with Crippen LogP contribution in [-0.2, 0) is 0 Å². The van der Waals surface area contributed by atoms with Gasteiger partial charge in [-0.3, -0.25) is 14.6 Å². The molecule has 1 saturated heterocycles. The van der Waals surface area contributed by atoms with Crippen LogP contribution in [-0.4, -0.2) is 55.6 Å². The standard InChI is InChI=1S/C36H37N7O2/c1-24(2)40-34-11-10-30(21-38-34)35(44)41-33-20-29(5-4-25(33)3)36(45)42-18-14-28(15-19-42)26-6-8-27(9-7-26)31-22-39-43(23-31)32-12-16-37-17-13-32/h4-13,16-17,20-24,28H,14-15,18-19H2,1-3H3,(H,38,40)(H,41,44). The van der Waals surface area contributed by atoms with Crippen molar-refractivity contribution in [2.24, 2.45) is 0 Å². The summed E-state index contributed by atoms with van der Waals surface area (Å²) >= 11 is 0. The van der Waals surface area contributed by atoms with Crippen LogP contribution in [0.3, 0.4) is 0 Å². The number of benzene rings is 2. The van der Waals surface area contributed by atoms with Crippen LogP contribution in [0.15, 0.2) is 97.7 Å². The first-order valence-corrected chi connectivity index (χ1v) is 15.3. The summed E-state index contributed by atoms with van der Waals surface area (Å²) in [6, 6.07) is 21.8. The Hall–Kier alpha value is -5.31. The second-order valence-corrected chi connectivity index (χ2v) is 11.8. The van der Waals surface area contributed by atoms with Crippen molar-refractivity contribution in [3.05, 3.63) is 120 Å². The summed E-state index contributed by atoms with van der Waals surface area (Å²) in [4.78, 5) is 36.7. The zero-order chi connectivity index (χ0) is 31.3. The van der Waals surface area contributed by atoms with E-state index in [4.69, 9.17) is 0 Å². The minimum atomic E-state index is -0.263. The average Bonchev–Trinajstić information content (AvgIpc) is 3.57. The van der Waals surface area contributed by atoms with Gasteiger partial charge in [0.1, 0.15) is 5.82 Å². The maximum atomic E-state index is 13.5. The van der Waals surface area contributed by atoms with Gasteiger partial charge in [-0.05, 0) is 92.6 Å². The number of piperidine rings is 1. The van der Waals surface area contributed by atoms with Crippen molar-refractivity contribution in [3.8, 4) is 16.8 Å². The van der Waals surface area contributed by atoms with Gasteiger partial charge < -0.3 is 15.5 Å². The molecule has 9 heteroatoms. The molecule has 45 heavy (non-hydrogen) atoms. The van der Waals surface area contributed by atoms with Crippen LogP contribution >= 0.6 is 0 Å². The minimum Gasteiger partial charge on any atom is -0.368 e. The third-order valence-electron chi connectivity index (χ3n) is 8.20. The predicted octanol–water partition coefficient (Wildman–Crippen LogP) is 6.73. The van der Waals surface area contributed by atoms with Gasteiger partial charge in [0.05, 0.1) is 17.4 Å². The van der Waals surface area contributed by atoms with Crippen molar-refractivity contribution >= 4 is 23.3 Å². The molecule has 0 bridgehead atoms. The molecule has 5 aromatic rings. The number of aryl methyl sites for hydroxylation is 1. The van der Waals surface area contributed by atoms with E-state index in [0.717, 1.165) is 41.0 Å². The highest BCUT2D eigenvalue weighted by molar-refractivity contribution is 6.05.